The fourth-order valence-corrected chi connectivity index (χ4v) is 2.80. The van der Waals surface area contributed by atoms with Gasteiger partial charge in [0, 0.05) is 16.7 Å². The molecule has 0 bridgehead atoms. The van der Waals surface area contributed by atoms with Crippen LogP contribution in [0.5, 0.6) is 5.75 Å². The molecule has 0 atom stereocenters. The van der Waals surface area contributed by atoms with Crippen LogP contribution >= 0.6 is 0 Å². The van der Waals surface area contributed by atoms with E-state index < -0.39 is 0 Å². The lowest BCUT2D eigenvalue weighted by atomic mass is 10.1. The molecule has 0 saturated heterocycles. The number of ether oxygens (including phenoxy) is 1. The molecule has 0 fully saturated rings. The van der Waals surface area contributed by atoms with Crippen LogP contribution in [0.2, 0.25) is 0 Å². The fourth-order valence-electron chi connectivity index (χ4n) is 2.80. The van der Waals surface area contributed by atoms with Crippen molar-refractivity contribution in [2.45, 2.75) is 0 Å². The zero-order chi connectivity index (χ0) is 19.2. The lowest BCUT2D eigenvalue weighted by molar-refractivity contribution is 0.201. The SMILES string of the molecule is OCCOc1ccc(-c2nc(-c3ccccc3)nc(-c3ccccc3)n2)cc1. The summed E-state index contributed by atoms with van der Waals surface area (Å²) in [5.41, 5.74) is 2.74. The van der Waals surface area contributed by atoms with Gasteiger partial charge >= 0.3 is 0 Å². The molecule has 1 N–H and O–H groups in total. The van der Waals surface area contributed by atoms with Gasteiger partial charge in [0.25, 0.3) is 0 Å². The number of hydrogen-bond donors (Lipinski definition) is 1. The Bertz CT molecular complexity index is 979. The zero-order valence-corrected chi connectivity index (χ0v) is 15.2. The van der Waals surface area contributed by atoms with Crippen LogP contribution in [-0.4, -0.2) is 33.3 Å². The average Bonchev–Trinajstić information content (AvgIpc) is 2.79. The van der Waals surface area contributed by atoms with Crippen LogP contribution in [0.4, 0.5) is 0 Å². The van der Waals surface area contributed by atoms with Crippen molar-refractivity contribution in [3.8, 4) is 39.9 Å². The van der Waals surface area contributed by atoms with Gasteiger partial charge in [0.15, 0.2) is 17.5 Å². The third kappa shape index (κ3) is 4.05. The Kier molecular flexibility index (Phi) is 5.36. The highest BCUT2D eigenvalue weighted by atomic mass is 16.5. The van der Waals surface area contributed by atoms with E-state index in [0.717, 1.165) is 16.7 Å². The first-order chi connectivity index (χ1) is 13.8. The van der Waals surface area contributed by atoms with Crippen LogP contribution in [0.1, 0.15) is 0 Å². The topological polar surface area (TPSA) is 68.1 Å². The second kappa shape index (κ2) is 8.41. The standard InChI is InChI=1S/C23H19N3O2/c27-15-16-28-20-13-11-19(12-14-20)23-25-21(17-7-3-1-4-8-17)24-22(26-23)18-9-5-2-6-10-18/h1-14,27H,15-16H2. The van der Waals surface area contributed by atoms with E-state index in [0.29, 0.717) is 23.2 Å². The molecule has 4 rings (SSSR count). The molecule has 0 spiro atoms. The maximum Gasteiger partial charge on any atom is 0.164 e. The molecule has 0 aliphatic carbocycles. The highest BCUT2D eigenvalue weighted by Gasteiger charge is 2.12. The molecule has 5 nitrogen and oxygen atoms in total. The third-order valence-electron chi connectivity index (χ3n) is 4.17. The van der Waals surface area contributed by atoms with Crippen LogP contribution in [0.15, 0.2) is 84.9 Å². The summed E-state index contributed by atoms with van der Waals surface area (Å²) in [6.45, 7) is 0.248. The Morgan fingerprint density at radius 1 is 0.571 bits per heavy atom. The maximum absolute atomic E-state index is 8.89. The molecule has 0 amide bonds. The molecule has 3 aromatic carbocycles. The highest BCUT2D eigenvalue weighted by Crippen LogP contribution is 2.25. The van der Waals surface area contributed by atoms with E-state index in [1.807, 2.05) is 84.9 Å². The van der Waals surface area contributed by atoms with Crippen LogP contribution in [0, 0.1) is 0 Å². The number of benzene rings is 3. The van der Waals surface area contributed by atoms with E-state index in [-0.39, 0.29) is 13.2 Å². The second-order valence-corrected chi connectivity index (χ2v) is 6.13. The first-order valence-corrected chi connectivity index (χ1v) is 9.04. The van der Waals surface area contributed by atoms with Gasteiger partial charge < -0.3 is 9.84 Å². The van der Waals surface area contributed by atoms with Crippen molar-refractivity contribution in [1.29, 1.82) is 0 Å². The Hall–Kier alpha value is -3.57. The number of nitrogens with zero attached hydrogens (tertiary/aromatic N) is 3. The molecule has 0 unspecified atom stereocenters. The molecular weight excluding hydrogens is 350 g/mol. The van der Waals surface area contributed by atoms with E-state index in [9.17, 15) is 0 Å². The smallest absolute Gasteiger partial charge is 0.164 e. The summed E-state index contributed by atoms with van der Waals surface area (Å²) in [6.07, 6.45) is 0. The Balaban J connectivity index is 1.78. The van der Waals surface area contributed by atoms with E-state index in [1.54, 1.807) is 0 Å². The summed E-state index contributed by atoms with van der Waals surface area (Å²) in [7, 11) is 0. The largest absolute Gasteiger partial charge is 0.491 e. The molecule has 5 heteroatoms. The lowest BCUT2D eigenvalue weighted by Crippen LogP contribution is -2.02. The average molecular weight is 369 g/mol. The second-order valence-electron chi connectivity index (χ2n) is 6.13. The molecule has 1 heterocycles. The molecule has 1 aromatic heterocycles. The Morgan fingerprint density at radius 3 is 1.43 bits per heavy atom. The number of rotatable bonds is 6. The first kappa shape index (κ1) is 17.8. The molecule has 0 aliphatic rings. The zero-order valence-electron chi connectivity index (χ0n) is 15.2. The molecule has 0 saturated carbocycles. The maximum atomic E-state index is 8.89. The van der Waals surface area contributed by atoms with Crippen LogP contribution in [0.25, 0.3) is 34.2 Å². The van der Waals surface area contributed by atoms with Crippen LogP contribution in [-0.2, 0) is 0 Å². The number of aliphatic hydroxyl groups excluding tert-OH is 1. The summed E-state index contributed by atoms with van der Waals surface area (Å²) in [5.74, 6) is 2.55. The lowest BCUT2D eigenvalue weighted by Gasteiger charge is -2.09. The van der Waals surface area contributed by atoms with Gasteiger partial charge in [0.2, 0.25) is 0 Å². The van der Waals surface area contributed by atoms with E-state index in [4.69, 9.17) is 9.84 Å². The van der Waals surface area contributed by atoms with Crippen molar-refractivity contribution >= 4 is 0 Å². The van der Waals surface area contributed by atoms with Crippen LogP contribution < -0.4 is 4.74 Å². The molecule has 138 valence electrons. The quantitative estimate of drug-likeness (QED) is 0.550. The Morgan fingerprint density at radius 2 is 1.00 bits per heavy atom. The minimum absolute atomic E-state index is 0.0178. The summed E-state index contributed by atoms with van der Waals surface area (Å²) >= 11 is 0. The minimum atomic E-state index is -0.0178. The summed E-state index contributed by atoms with van der Waals surface area (Å²) in [6, 6.07) is 27.3. The summed E-state index contributed by atoms with van der Waals surface area (Å²) in [4.78, 5) is 14.1. The van der Waals surface area contributed by atoms with Gasteiger partial charge in [-0.25, -0.2) is 15.0 Å². The molecule has 28 heavy (non-hydrogen) atoms. The van der Waals surface area contributed by atoms with Gasteiger partial charge in [-0.05, 0) is 24.3 Å². The van der Waals surface area contributed by atoms with E-state index in [2.05, 4.69) is 15.0 Å². The first-order valence-electron chi connectivity index (χ1n) is 9.04. The van der Waals surface area contributed by atoms with E-state index >= 15 is 0 Å². The minimum Gasteiger partial charge on any atom is -0.491 e. The number of aliphatic hydroxyl groups is 1. The highest BCUT2D eigenvalue weighted by molar-refractivity contribution is 5.66. The summed E-state index contributed by atoms with van der Waals surface area (Å²) < 4.78 is 5.43. The third-order valence-corrected chi connectivity index (χ3v) is 4.17. The van der Waals surface area contributed by atoms with Crippen molar-refractivity contribution in [2.24, 2.45) is 0 Å². The van der Waals surface area contributed by atoms with Gasteiger partial charge in [-0.1, -0.05) is 60.7 Å². The predicted octanol–water partition coefficient (Wildman–Crippen LogP) is 4.24. The van der Waals surface area contributed by atoms with Crippen molar-refractivity contribution < 1.29 is 9.84 Å². The molecule has 0 radical (unpaired) electrons. The van der Waals surface area contributed by atoms with Gasteiger partial charge in [-0.3, -0.25) is 0 Å². The van der Waals surface area contributed by atoms with E-state index in [1.165, 1.54) is 0 Å². The van der Waals surface area contributed by atoms with Crippen molar-refractivity contribution in [2.75, 3.05) is 13.2 Å². The number of aromatic nitrogens is 3. The van der Waals surface area contributed by atoms with Crippen molar-refractivity contribution in [3.05, 3.63) is 84.9 Å². The van der Waals surface area contributed by atoms with Gasteiger partial charge in [0.05, 0.1) is 6.61 Å². The van der Waals surface area contributed by atoms with Crippen LogP contribution in [0.3, 0.4) is 0 Å². The van der Waals surface area contributed by atoms with Gasteiger partial charge in [0.1, 0.15) is 12.4 Å². The normalized spacial score (nSPS) is 10.6. The van der Waals surface area contributed by atoms with Crippen molar-refractivity contribution in [1.82, 2.24) is 15.0 Å². The van der Waals surface area contributed by atoms with Crippen molar-refractivity contribution in [3.63, 3.8) is 0 Å². The predicted molar refractivity (Wildman–Crippen MR) is 109 cm³/mol. The monoisotopic (exact) mass is 369 g/mol. The fraction of sp³-hybridized carbons (Fsp3) is 0.0870. The van der Waals surface area contributed by atoms with Gasteiger partial charge in [-0.15, -0.1) is 0 Å². The number of hydrogen-bond acceptors (Lipinski definition) is 5. The van der Waals surface area contributed by atoms with Gasteiger partial charge in [-0.2, -0.15) is 0 Å². The molecular formula is C23H19N3O2. The molecule has 4 aromatic rings. The molecule has 0 aliphatic heterocycles. The Labute approximate surface area is 163 Å². The summed E-state index contributed by atoms with van der Waals surface area (Å²) in [5, 5.41) is 8.89.